The first-order chi connectivity index (χ1) is 13.4. The van der Waals surface area contributed by atoms with Gasteiger partial charge in [-0.05, 0) is 35.4 Å². The van der Waals surface area contributed by atoms with Crippen LogP contribution in [0.5, 0.6) is 11.5 Å². The van der Waals surface area contributed by atoms with E-state index in [0.717, 1.165) is 24.3 Å². The minimum Gasteiger partial charge on any atom is -0.502 e. The Balaban J connectivity index is 2.43. The number of esters is 1. The van der Waals surface area contributed by atoms with E-state index in [0.29, 0.717) is 11.5 Å². The Labute approximate surface area is 163 Å². The van der Waals surface area contributed by atoms with Crippen LogP contribution in [0.4, 0.5) is 0 Å². The predicted octanol–water partition coefficient (Wildman–Crippen LogP) is 2.87. The summed E-state index contributed by atoms with van der Waals surface area (Å²) >= 11 is 0. The monoisotopic (exact) mass is 385 g/mol. The predicted molar refractivity (Wildman–Crippen MR) is 103 cm³/mol. The minimum absolute atomic E-state index is 0.467. The maximum atomic E-state index is 12.6. The van der Waals surface area contributed by atoms with Crippen LogP contribution in [0.2, 0.25) is 0 Å². The molecule has 0 aliphatic rings. The Morgan fingerprint density at radius 3 is 1.68 bits per heavy atom. The van der Waals surface area contributed by atoms with Gasteiger partial charge in [-0.1, -0.05) is 24.3 Å². The molecule has 2 aromatic carbocycles. The van der Waals surface area contributed by atoms with Gasteiger partial charge in [0.1, 0.15) is 11.5 Å². The number of likely N-dealkylation sites (N-methyl/N-ethyl adjacent to an activating group) is 1. The molecule has 1 N–H and O–H groups in total. The molecule has 0 unspecified atom stereocenters. The van der Waals surface area contributed by atoms with E-state index in [9.17, 15) is 14.7 Å². The molecule has 0 aliphatic carbocycles. The van der Waals surface area contributed by atoms with Crippen LogP contribution < -0.4 is 9.47 Å². The van der Waals surface area contributed by atoms with Crippen LogP contribution >= 0.6 is 0 Å². The van der Waals surface area contributed by atoms with E-state index < -0.39 is 23.7 Å². The second-order valence-corrected chi connectivity index (χ2v) is 5.92. The van der Waals surface area contributed by atoms with Gasteiger partial charge in [0.05, 0.1) is 33.4 Å². The van der Waals surface area contributed by atoms with Crippen molar-refractivity contribution in [2.45, 2.75) is 6.04 Å². The maximum Gasteiger partial charge on any atom is 0.373 e. The van der Waals surface area contributed by atoms with Gasteiger partial charge in [0.25, 0.3) is 5.91 Å². The third-order valence-electron chi connectivity index (χ3n) is 4.25. The molecule has 0 atom stereocenters. The molecule has 7 heteroatoms. The van der Waals surface area contributed by atoms with Crippen LogP contribution in [0.15, 0.2) is 60.4 Å². The van der Waals surface area contributed by atoms with E-state index in [-0.39, 0.29) is 0 Å². The quantitative estimate of drug-likeness (QED) is 0.448. The number of carbonyl (C=O) groups excluding carboxylic acids is 2. The molecule has 0 saturated carbocycles. The number of amides is 1. The Morgan fingerprint density at radius 1 is 0.893 bits per heavy atom. The molecule has 0 heterocycles. The number of aliphatic hydroxyl groups is 1. The zero-order valence-corrected chi connectivity index (χ0v) is 16.2. The van der Waals surface area contributed by atoms with Gasteiger partial charge in [-0.25, -0.2) is 4.79 Å². The fraction of sp³-hybridized carbons (Fsp3) is 0.238. The molecule has 0 aliphatic heterocycles. The molecule has 0 radical (unpaired) electrons. The minimum atomic E-state index is -0.979. The van der Waals surface area contributed by atoms with E-state index in [1.54, 1.807) is 45.5 Å². The number of hydrogen-bond acceptors (Lipinski definition) is 6. The zero-order valence-electron chi connectivity index (χ0n) is 16.2. The van der Waals surface area contributed by atoms with Crippen molar-refractivity contribution in [3.8, 4) is 11.5 Å². The standard InChI is InChI=1S/C21H23NO6/c1-22(19(24)13-18(23)21(25)28-4)20(14-5-9-16(26-2)10-6-14)15-7-11-17(27-3)12-8-15/h5-13,20,23H,1-4H3/b18-13-. The molecule has 148 valence electrons. The summed E-state index contributed by atoms with van der Waals surface area (Å²) in [5.41, 5.74) is 1.65. The van der Waals surface area contributed by atoms with E-state index >= 15 is 0 Å². The van der Waals surface area contributed by atoms with Crippen molar-refractivity contribution in [2.24, 2.45) is 0 Å². The van der Waals surface area contributed by atoms with E-state index in [1.807, 2.05) is 24.3 Å². The second-order valence-electron chi connectivity index (χ2n) is 5.92. The lowest BCUT2D eigenvalue weighted by molar-refractivity contribution is -0.139. The average molecular weight is 385 g/mol. The van der Waals surface area contributed by atoms with Gasteiger partial charge in [-0.2, -0.15) is 0 Å². The molecular weight excluding hydrogens is 362 g/mol. The summed E-state index contributed by atoms with van der Waals surface area (Å²) in [6, 6.07) is 14.1. The van der Waals surface area contributed by atoms with Crippen LogP contribution in [-0.4, -0.2) is 50.3 Å². The van der Waals surface area contributed by atoms with Gasteiger partial charge in [0, 0.05) is 7.05 Å². The highest BCUT2D eigenvalue weighted by Gasteiger charge is 2.24. The molecule has 0 spiro atoms. The zero-order chi connectivity index (χ0) is 20.7. The van der Waals surface area contributed by atoms with Gasteiger partial charge in [-0.15, -0.1) is 0 Å². The molecular formula is C21H23NO6. The van der Waals surface area contributed by atoms with Crippen molar-refractivity contribution in [1.82, 2.24) is 4.90 Å². The first-order valence-electron chi connectivity index (χ1n) is 8.45. The lowest BCUT2D eigenvalue weighted by Gasteiger charge is -2.28. The van der Waals surface area contributed by atoms with Crippen molar-refractivity contribution >= 4 is 11.9 Å². The van der Waals surface area contributed by atoms with Gasteiger partial charge in [0.2, 0.25) is 5.76 Å². The summed E-state index contributed by atoms with van der Waals surface area (Å²) in [7, 11) is 5.86. The number of methoxy groups -OCH3 is 3. The highest BCUT2D eigenvalue weighted by Crippen LogP contribution is 2.30. The summed E-state index contributed by atoms with van der Waals surface area (Å²) in [5.74, 6) is -0.918. The molecule has 28 heavy (non-hydrogen) atoms. The van der Waals surface area contributed by atoms with Crippen LogP contribution in [0.1, 0.15) is 17.2 Å². The fourth-order valence-corrected chi connectivity index (χ4v) is 2.72. The van der Waals surface area contributed by atoms with Crippen LogP contribution in [0.3, 0.4) is 0 Å². The molecule has 7 nitrogen and oxygen atoms in total. The van der Waals surface area contributed by atoms with Crippen molar-refractivity contribution in [3.05, 3.63) is 71.5 Å². The number of benzene rings is 2. The average Bonchev–Trinajstić information content (AvgIpc) is 2.74. The van der Waals surface area contributed by atoms with Crippen LogP contribution in [0.25, 0.3) is 0 Å². The van der Waals surface area contributed by atoms with Crippen molar-refractivity contribution in [2.75, 3.05) is 28.4 Å². The fourth-order valence-electron chi connectivity index (χ4n) is 2.72. The van der Waals surface area contributed by atoms with E-state index in [4.69, 9.17) is 9.47 Å². The SMILES string of the molecule is COC(=O)/C(O)=C/C(=O)N(C)C(c1ccc(OC)cc1)c1ccc(OC)cc1. The van der Waals surface area contributed by atoms with Gasteiger partial charge in [-0.3, -0.25) is 4.79 Å². The van der Waals surface area contributed by atoms with Gasteiger partial charge < -0.3 is 24.2 Å². The molecule has 2 aromatic rings. The highest BCUT2D eigenvalue weighted by molar-refractivity contribution is 5.96. The lowest BCUT2D eigenvalue weighted by Crippen LogP contribution is -2.31. The summed E-state index contributed by atoms with van der Waals surface area (Å²) in [5, 5.41) is 9.70. The van der Waals surface area contributed by atoms with Gasteiger partial charge >= 0.3 is 5.97 Å². The Bertz CT molecular complexity index is 795. The second kappa shape index (κ2) is 9.45. The number of nitrogens with zero attached hydrogens (tertiary/aromatic N) is 1. The normalized spacial score (nSPS) is 11.1. The molecule has 2 rings (SSSR count). The summed E-state index contributed by atoms with van der Waals surface area (Å²) in [4.78, 5) is 25.4. The summed E-state index contributed by atoms with van der Waals surface area (Å²) in [6.45, 7) is 0. The highest BCUT2D eigenvalue weighted by atomic mass is 16.5. The van der Waals surface area contributed by atoms with Crippen molar-refractivity contribution in [3.63, 3.8) is 0 Å². The Hall–Kier alpha value is -3.48. The third-order valence-corrected chi connectivity index (χ3v) is 4.25. The first kappa shape index (κ1) is 20.8. The molecule has 0 bridgehead atoms. The molecule has 0 aromatic heterocycles. The van der Waals surface area contributed by atoms with Crippen LogP contribution in [0, 0.1) is 0 Å². The van der Waals surface area contributed by atoms with Crippen LogP contribution in [-0.2, 0) is 14.3 Å². The van der Waals surface area contributed by atoms with E-state index in [2.05, 4.69) is 4.74 Å². The number of ether oxygens (including phenoxy) is 3. The number of carbonyl (C=O) groups is 2. The lowest BCUT2D eigenvalue weighted by atomic mass is 9.97. The molecule has 0 saturated heterocycles. The Kier molecular flexibility index (Phi) is 7.03. The van der Waals surface area contributed by atoms with Gasteiger partial charge in [0.15, 0.2) is 0 Å². The topological polar surface area (TPSA) is 85.3 Å². The summed E-state index contributed by atoms with van der Waals surface area (Å²) < 4.78 is 14.8. The molecule has 0 fully saturated rings. The largest absolute Gasteiger partial charge is 0.502 e. The van der Waals surface area contributed by atoms with E-state index in [1.165, 1.54) is 4.90 Å². The smallest absolute Gasteiger partial charge is 0.373 e. The van der Waals surface area contributed by atoms with Crippen molar-refractivity contribution in [1.29, 1.82) is 0 Å². The molecule has 1 amide bonds. The third kappa shape index (κ3) is 4.82. The summed E-state index contributed by atoms with van der Waals surface area (Å²) in [6.07, 6.45) is 0.839. The number of aliphatic hydroxyl groups excluding tert-OH is 1. The maximum absolute atomic E-state index is 12.6. The Morgan fingerprint density at radius 2 is 1.32 bits per heavy atom. The number of rotatable bonds is 7. The van der Waals surface area contributed by atoms with Crippen molar-refractivity contribution < 1.29 is 28.9 Å². The first-order valence-corrected chi connectivity index (χ1v) is 8.45. The number of hydrogen-bond donors (Lipinski definition) is 1.